The molecule has 0 amide bonds. The molecule has 4 aromatic rings. The van der Waals surface area contributed by atoms with E-state index >= 15 is 0 Å². The third-order valence-electron chi connectivity index (χ3n) is 6.88. The Hall–Kier alpha value is -4.80. The zero-order valence-corrected chi connectivity index (χ0v) is 19.8. The average molecular weight is 483 g/mol. The number of ketones is 2. The first-order valence-electron chi connectivity index (χ1n) is 12.0. The number of hydrogen-bond acceptors (Lipinski definition) is 4. The van der Waals surface area contributed by atoms with Crippen molar-refractivity contribution in [2.24, 2.45) is 0 Å². The Balaban J connectivity index is 1.16. The molecule has 0 aliphatic heterocycles. The molecule has 1 unspecified atom stereocenters. The molecule has 0 aromatic heterocycles. The second kappa shape index (κ2) is 9.01. The van der Waals surface area contributed by atoms with Gasteiger partial charge in [0.1, 0.15) is 11.9 Å². The number of Topliss-reactive ketones (excluding diaryl/α,β-unsaturated/α-hetero) is 2. The lowest BCUT2D eigenvalue weighted by atomic mass is 10.0. The van der Waals surface area contributed by atoms with E-state index in [1.165, 1.54) is 0 Å². The number of benzene rings is 4. The molecule has 2 N–H and O–H groups in total. The van der Waals surface area contributed by atoms with Gasteiger partial charge in [-0.3, -0.25) is 9.59 Å². The Morgan fingerprint density at radius 1 is 0.622 bits per heavy atom. The molecule has 0 spiro atoms. The summed E-state index contributed by atoms with van der Waals surface area (Å²) < 4.78 is 0. The lowest BCUT2D eigenvalue weighted by Gasteiger charge is -2.05. The van der Waals surface area contributed by atoms with E-state index in [0.29, 0.717) is 27.8 Å². The van der Waals surface area contributed by atoms with Crippen LogP contribution in [0.5, 0.6) is 0 Å². The highest BCUT2D eigenvalue weighted by Gasteiger charge is 2.33. The van der Waals surface area contributed by atoms with Crippen LogP contribution in [0.25, 0.3) is 27.3 Å². The Kier molecular flexibility index (Phi) is 5.52. The second-order valence-electron chi connectivity index (χ2n) is 9.11. The van der Waals surface area contributed by atoms with E-state index in [9.17, 15) is 19.8 Å². The number of fused-ring (bicyclic) bond motifs is 4. The molecule has 2 aliphatic carbocycles. The number of aliphatic hydroxyl groups is 2. The van der Waals surface area contributed by atoms with E-state index in [2.05, 4.69) is 0 Å². The molecule has 0 saturated heterocycles. The van der Waals surface area contributed by atoms with Gasteiger partial charge >= 0.3 is 0 Å². The molecule has 0 radical (unpaired) electrons. The van der Waals surface area contributed by atoms with Gasteiger partial charge in [0.15, 0.2) is 11.6 Å². The maximum atomic E-state index is 12.8. The number of carbonyl (C=O) groups excluding carboxylic acids is 2. The topological polar surface area (TPSA) is 74.6 Å². The van der Waals surface area contributed by atoms with E-state index in [4.69, 9.17) is 0 Å². The lowest BCUT2D eigenvalue weighted by molar-refractivity contribution is 0.101. The van der Waals surface area contributed by atoms with Crippen LogP contribution in [0.15, 0.2) is 126 Å². The van der Waals surface area contributed by atoms with Crippen LogP contribution in [0.1, 0.15) is 37.9 Å². The molecule has 1 atom stereocenters. The monoisotopic (exact) mass is 482 g/mol. The fraction of sp³-hybridized carbons (Fsp3) is 0.0303. The zero-order valence-electron chi connectivity index (χ0n) is 19.8. The van der Waals surface area contributed by atoms with E-state index < -0.39 is 6.10 Å². The van der Waals surface area contributed by atoms with Crippen LogP contribution in [0.3, 0.4) is 0 Å². The lowest BCUT2D eigenvalue weighted by Crippen LogP contribution is -1.98. The molecular weight excluding hydrogens is 460 g/mol. The summed E-state index contributed by atoms with van der Waals surface area (Å²) in [5, 5.41) is 25.2. The molecule has 0 saturated carbocycles. The Bertz CT molecular complexity index is 1780. The number of hydrogen-bond donors (Lipinski definition) is 2. The van der Waals surface area contributed by atoms with Gasteiger partial charge in [0.2, 0.25) is 0 Å². The second-order valence-corrected chi connectivity index (χ2v) is 9.11. The van der Waals surface area contributed by atoms with Crippen molar-refractivity contribution in [1.29, 1.82) is 0 Å². The van der Waals surface area contributed by atoms with Gasteiger partial charge in [0, 0.05) is 22.3 Å². The van der Waals surface area contributed by atoms with Crippen molar-refractivity contribution in [2.45, 2.75) is 6.10 Å². The summed E-state index contributed by atoms with van der Waals surface area (Å²) >= 11 is 0. The molecule has 4 heteroatoms. The third kappa shape index (κ3) is 3.84. The molecule has 0 heterocycles. The van der Waals surface area contributed by atoms with Crippen molar-refractivity contribution in [3.05, 3.63) is 149 Å². The summed E-state index contributed by atoms with van der Waals surface area (Å²) in [4.78, 5) is 25.7. The van der Waals surface area contributed by atoms with Crippen molar-refractivity contribution in [1.82, 2.24) is 0 Å². The Labute approximate surface area is 213 Å². The highest BCUT2D eigenvalue weighted by molar-refractivity contribution is 6.22. The quantitative estimate of drug-likeness (QED) is 0.243. The van der Waals surface area contributed by atoms with Gasteiger partial charge in [-0.2, -0.15) is 0 Å². The summed E-state index contributed by atoms with van der Waals surface area (Å²) in [6, 6.07) is 22.9. The van der Waals surface area contributed by atoms with Gasteiger partial charge in [0.25, 0.3) is 0 Å². The third-order valence-corrected chi connectivity index (χ3v) is 6.88. The first-order chi connectivity index (χ1) is 18.0. The van der Waals surface area contributed by atoms with E-state index in [1.807, 2.05) is 72.8 Å². The molecule has 37 heavy (non-hydrogen) atoms. The maximum absolute atomic E-state index is 12.8. The minimum absolute atomic E-state index is 0.0170. The van der Waals surface area contributed by atoms with Gasteiger partial charge in [0.05, 0.1) is 5.57 Å². The standard InChI is InChI=1S/C33H22O4/c34-30-24(31(35)27-17-21-11-7-6-10-20(21)16-26(27)30)14-4-2-1-3-5-15-25-32(36)28-18-22-12-8-9-13-23(22)19-29(28)33(25)37/h1-19,30,34,36H/b3-1+,4-2+,15-5+,24-14-. The van der Waals surface area contributed by atoms with E-state index in [0.717, 1.165) is 21.5 Å². The van der Waals surface area contributed by atoms with Gasteiger partial charge < -0.3 is 10.2 Å². The van der Waals surface area contributed by atoms with Crippen LogP contribution in [-0.2, 0) is 0 Å². The molecule has 6 rings (SSSR count). The van der Waals surface area contributed by atoms with Crippen molar-refractivity contribution in [2.75, 3.05) is 0 Å². The highest BCUT2D eigenvalue weighted by atomic mass is 16.3. The summed E-state index contributed by atoms with van der Waals surface area (Å²) in [6.45, 7) is 0. The smallest absolute Gasteiger partial charge is 0.197 e. The van der Waals surface area contributed by atoms with Gasteiger partial charge in [-0.1, -0.05) is 85.0 Å². The van der Waals surface area contributed by atoms with Crippen molar-refractivity contribution >= 4 is 38.9 Å². The summed E-state index contributed by atoms with van der Waals surface area (Å²) in [6.07, 6.45) is 10.9. The van der Waals surface area contributed by atoms with Crippen LogP contribution >= 0.6 is 0 Å². The van der Waals surface area contributed by atoms with Crippen LogP contribution in [-0.4, -0.2) is 21.8 Å². The first-order valence-corrected chi connectivity index (χ1v) is 12.0. The SMILES string of the molecule is O=C1C(/C=C/C=C/C=C/C=C2\C(=O)c3cc4ccccc4cc3C2O)=C(O)c2cc3ccccc3cc21. The predicted octanol–water partition coefficient (Wildman–Crippen LogP) is 6.98. The summed E-state index contributed by atoms with van der Waals surface area (Å²) in [7, 11) is 0. The zero-order chi connectivity index (χ0) is 25.5. The average Bonchev–Trinajstić information content (AvgIpc) is 3.29. The number of aliphatic hydroxyl groups excluding tert-OH is 2. The Morgan fingerprint density at radius 2 is 1.16 bits per heavy atom. The Morgan fingerprint density at radius 3 is 1.84 bits per heavy atom. The van der Waals surface area contributed by atoms with Crippen LogP contribution < -0.4 is 0 Å². The normalized spacial score (nSPS) is 18.5. The van der Waals surface area contributed by atoms with Crippen LogP contribution in [0.2, 0.25) is 0 Å². The predicted molar refractivity (Wildman–Crippen MR) is 147 cm³/mol. The van der Waals surface area contributed by atoms with Crippen LogP contribution in [0.4, 0.5) is 0 Å². The van der Waals surface area contributed by atoms with E-state index in [1.54, 1.807) is 42.5 Å². The minimum Gasteiger partial charge on any atom is -0.507 e. The van der Waals surface area contributed by atoms with E-state index in [-0.39, 0.29) is 22.9 Å². The largest absolute Gasteiger partial charge is 0.507 e. The molecule has 0 fully saturated rings. The highest BCUT2D eigenvalue weighted by Crippen LogP contribution is 2.38. The maximum Gasteiger partial charge on any atom is 0.197 e. The molecule has 4 aromatic carbocycles. The van der Waals surface area contributed by atoms with Gasteiger partial charge in [-0.05, 0) is 57.4 Å². The van der Waals surface area contributed by atoms with Crippen molar-refractivity contribution in [3.63, 3.8) is 0 Å². The van der Waals surface area contributed by atoms with Gasteiger partial charge in [-0.25, -0.2) is 0 Å². The molecule has 2 aliphatic rings. The number of allylic oxidation sites excluding steroid dienone is 8. The fourth-order valence-corrected chi connectivity index (χ4v) is 4.97. The molecular formula is C33H22O4. The number of carbonyl (C=O) groups is 2. The summed E-state index contributed by atoms with van der Waals surface area (Å²) in [5.41, 5.74) is 2.80. The van der Waals surface area contributed by atoms with Crippen LogP contribution in [0, 0.1) is 0 Å². The molecule has 178 valence electrons. The minimum atomic E-state index is -0.956. The number of rotatable bonds is 4. The first kappa shape index (κ1) is 22.7. The summed E-state index contributed by atoms with van der Waals surface area (Å²) in [5.74, 6) is -0.392. The van der Waals surface area contributed by atoms with Gasteiger partial charge in [-0.15, -0.1) is 0 Å². The molecule has 4 nitrogen and oxygen atoms in total. The van der Waals surface area contributed by atoms with Crippen molar-refractivity contribution < 1.29 is 19.8 Å². The van der Waals surface area contributed by atoms with Crippen molar-refractivity contribution in [3.8, 4) is 0 Å². The fourth-order valence-electron chi connectivity index (χ4n) is 4.97. The molecule has 0 bridgehead atoms.